The van der Waals surface area contributed by atoms with Gasteiger partial charge < -0.3 is 4.74 Å². The number of aromatic nitrogens is 1. The SMILES string of the molecule is COc1ccc(-c2ccc(C)nc2)cc1C#N. The van der Waals surface area contributed by atoms with Crippen molar-refractivity contribution in [3.8, 4) is 22.9 Å². The van der Waals surface area contributed by atoms with E-state index in [4.69, 9.17) is 10.00 Å². The lowest BCUT2D eigenvalue weighted by Gasteiger charge is -2.06. The Balaban J connectivity index is 2.47. The van der Waals surface area contributed by atoms with Gasteiger partial charge in [0.25, 0.3) is 0 Å². The van der Waals surface area contributed by atoms with Crippen LogP contribution in [0.5, 0.6) is 5.75 Å². The number of hydrogen-bond donors (Lipinski definition) is 0. The molecule has 0 saturated heterocycles. The lowest BCUT2D eigenvalue weighted by molar-refractivity contribution is 0.413. The summed E-state index contributed by atoms with van der Waals surface area (Å²) in [5.41, 5.74) is 3.47. The number of nitriles is 1. The van der Waals surface area contributed by atoms with Gasteiger partial charge in [0.2, 0.25) is 0 Å². The van der Waals surface area contributed by atoms with Crippen LogP contribution < -0.4 is 4.74 Å². The minimum Gasteiger partial charge on any atom is -0.495 e. The molecule has 2 aromatic rings. The standard InChI is InChI=1S/C14H12N2O/c1-10-3-4-12(9-16-10)11-5-6-14(17-2)13(7-11)8-15/h3-7,9H,1-2H3. The third-order valence-corrected chi connectivity index (χ3v) is 2.56. The average Bonchev–Trinajstić information content (AvgIpc) is 2.39. The van der Waals surface area contributed by atoms with Crippen molar-refractivity contribution >= 4 is 0 Å². The molecule has 0 aliphatic rings. The molecule has 0 N–H and O–H groups in total. The van der Waals surface area contributed by atoms with Gasteiger partial charge in [0.1, 0.15) is 11.8 Å². The van der Waals surface area contributed by atoms with E-state index in [2.05, 4.69) is 11.1 Å². The highest BCUT2D eigenvalue weighted by Gasteiger charge is 2.05. The molecule has 1 aromatic carbocycles. The molecular weight excluding hydrogens is 212 g/mol. The van der Waals surface area contributed by atoms with Crippen molar-refractivity contribution in [3.63, 3.8) is 0 Å². The third-order valence-electron chi connectivity index (χ3n) is 2.56. The van der Waals surface area contributed by atoms with Gasteiger partial charge in [-0.3, -0.25) is 4.98 Å². The Bertz CT molecular complexity index is 568. The summed E-state index contributed by atoms with van der Waals surface area (Å²) in [6.45, 7) is 1.94. The number of rotatable bonds is 2. The van der Waals surface area contributed by atoms with Crippen molar-refractivity contribution < 1.29 is 4.74 Å². The summed E-state index contributed by atoms with van der Waals surface area (Å²) < 4.78 is 5.11. The van der Waals surface area contributed by atoms with E-state index in [1.807, 2.05) is 31.2 Å². The first-order chi connectivity index (χ1) is 8.24. The van der Waals surface area contributed by atoms with Gasteiger partial charge in [-0.1, -0.05) is 12.1 Å². The molecule has 3 nitrogen and oxygen atoms in total. The molecule has 17 heavy (non-hydrogen) atoms. The minimum absolute atomic E-state index is 0.533. The van der Waals surface area contributed by atoms with Crippen LogP contribution in [0, 0.1) is 18.3 Å². The van der Waals surface area contributed by atoms with E-state index in [0.29, 0.717) is 11.3 Å². The molecule has 0 fully saturated rings. The monoisotopic (exact) mass is 224 g/mol. The molecule has 0 radical (unpaired) electrons. The van der Waals surface area contributed by atoms with Gasteiger partial charge in [0, 0.05) is 17.5 Å². The Kier molecular flexibility index (Phi) is 3.06. The zero-order valence-electron chi connectivity index (χ0n) is 9.77. The van der Waals surface area contributed by atoms with Gasteiger partial charge in [-0.05, 0) is 30.7 Å². The molecule has 0 atom stereocenters. The van der Waals surface area contributed by atoms with E-state index in [1.54, 1.807) is 19.4 Å². The van der Waals surface area contributed by atoms with Crippen LogP contribution in [0.2, 0.25) is 0 Å². The van der Waals surface area contributed by atoms with Crippen molar-refractivity contribution in [2.75, 3.05) is 7.11 Å². The van der Waals surface area contributed by atoms with E-state index < -0.39 is 0 Å². The van der Waals surface area contributed by atoms with Crippen LogP contribution in [0.15, 0.2) is 36.5 Å². The Labute approximate surface area is 100 Å². The Morgan fingerprint density at radius 3 is 2.53 bits per heavy atom. The zero-order valence-corrected chi connectivity index (χ0v) is 9.77. The van der Waals surface area contributed by atoms with E-state index in [9.17, 15) is 0 Å². The van der Waals surface area contributed by atoms with Gasteiger partial charge >= 0.3 is 0 Å². The lowest BCUT2D eigenvalue weighted by atomic mass is 10.0. The van der Waals surface area contributed by atoms with Gasteiger partial charge in [-0.2, -0.15) is 5.26 Å². The highest BCUT2D eigenvalue weighted by molar-refractivity contribution is 5.66. The molecular formula is C14H12N2O. The Morgan fingerprint density at radius 1 is 1.18 bits per heavy atom. The summed E-state index contributed by atoms with van der Waals surface area (Å²) in [6.07, 6.45) is 1.80. The van der Waals surface area contributed by atoms with E-state index in [0.717, 1.165) is 16.8 Å². The molecule has 0 aliphatic carbocycles. The number of nitrogens with zero attached hydrogens (tertiary/aromatic N) is 2. The minimum atomic E-state index is 0.533. The number of aryl methyl sites for hydroxylation is 1. The van der Waals surface area contributed by atoms with Gasteiger partial charge in [-0.15, -0.1) is 0 Å². The fraction of sp³-hybridized carbons (Fsp3) is 0.143. The molecule has 1 heterocycles. The highest BCUT2D eigenvalue weighted by atomic mass is 16.5. The smallest absolute Gasteiger partial charge is 0.136 e. The third kappa shape index (κ3) is 2.26. The predicted molar refractivity (Wildman–Crippen MR) is 65.7 cm³/mol. The summed E-state index contributed by atoms with van der Waals surface area (Å²) in [6, 6.07) is 11.6. The number of methoxy groups -OCH3 is 1. The van der Waals surface area contributed by atoms with Crippen LogP contribution >= 0.6 is 0 Å². The summed E-state index contributed by atoms with van der Waals surface area (Å²) in [4.78, 5) is 4.24. The molecule has 1 aromatic heterocycles. The van der Waals surface area contributed by atoms with Gasteiger partial charge in [0.05, 0.1) is 12.7 Å². The fourth-order valence-electron chi connectivity index (χ4n) is 1.61. The number of ether oxygens (including phenoxy) is 1. The summed E-state index contributed by atoms with van der Waals surface area (Å²) in [7, 11) is 1.56. The second-order valence-corrected chi connectivity index (χ2v) is 3.72. The quantitative estimate of drug-likeness (QED) is 0.787. The maximum Gasteiger partial charge on any atom is 0.136 e. The number of benzene rings is 1. The van der Waals surface area contributed by atoms with E-state index in [-0.39, 0.29) is 0 Å². The van der Waals surface area contributed by atoms with Crippen LogP contribution in [0.3, 0.4) is 0 Å². The van der Waals surface area contributed by atoms with E-state index >= 15 is 0 Å². The second kappa shape index (κ2) is 4.67. The highest BCUT2D eigenvalue weighted by Crippen LogP contribution is 2.25. The van der Waals surface area contributed by atoms with E-state index in [1.165, 1.54) is 0 Å². The lowest BCUT2D eigenvalue weighted by Crippen LogP contribution is -1.89. The molecule has 84 valence electrons. The number of hydrogen-bond acceptors (Lipinski definition) is 3. The van der Waals surface area contributed by atoms with Crippen molar-refractivity contribution in [2.24, 2.45) is 0 Å². The van der Waals surface area contributed by atoms with Crippen molar-refractivity contribution in [3.05, 3.63) is 47.8 Å². The Morgan fingerprint density at radius 2 is 1.94 bits per heavy atom. The summed E-state index contributed by atoms with van der Waals surface area (Å²) >= 11 is 0. The summed E-state index contributed by atoms with van der Waals surface area (Å²) in [5.74, 6) is 0.594. The van der Waals surface area contributed by atoms with Crippen LogP contribution in [0.25, 0.3) is 11.1 Å². The second-order valence-electron chi connectivity index (χ2n) is 3.72. The first-order valence-electron chi connectivity index (χ1n) is 5.26. The molecule has 0 aliphatic heterocycles. The van der Waals surface area contributed by atoms with Gasteiger partial charge in [0.15, 0.2) is 0 Å². The Hall–Kier alpha value is -2.34. The summed E-state index contributed by atoms with van der Waals surface area (Å²) in [5, 5.41) is 9.02. The molecule has 0 saturated carbocycles. The van der Waals surface area contributed by atoms with Crippen molar-refractivity contribution in [1.82, 2.24) is 4.98 Å². The van der Waals surface area contributed by atoms with Crippen LogP contribution in [-0.2, 0) is 0 Å². The zero-order chi connectivity index (χ0) is 12.3. The predicted octanol–water partition coefficient (Wildman–Crippen LogP) is 2.94. The molecule has 0 spiro atoms. The van der Waals surface area contributed by atoms with Crippen LogP contribution in [-0.4, -0.2) is 12.1 Å². The average molecular weight is 224 g/mol. The fourth-order valence-corrected chi connectivity index (χ4v) is 1.61. The topological polar surface area (TPSA) is 45.9 Å². The molecule has 2 rings (SSSR count). The van der Waals surface area contributed by atoms with Gasteiger partial charge in [-0.25, -0.2) is 0 Å². The normalized spacial score (nSPS) is 9.71. The maximum absolute atomic E-state index is 9.02. The number of pyridine rings is 1. The first-order valence-corrected chi connectivity index (χ1v) is 5.26. The molecule has 0 amide bonds. The first kappa shape index (κ1) is 11.2. The molecule has 3 heteroatoms. The van der Waals surface area contributed by atoms with Crippen molar-refractivity contribution in [1.29, 1.82) is 5.26 Å². The van der Waals surface area contributed by atoms with Crippen molar-refractivity contribution in [2.45, 2.75) is 6.92 Å². The van der Waals surface area contributed by atoms with Crippen LogP contribution in [0.1, 0.15) is 11.3 Å². The molecule has 0 bridgehead atoms. The van der Waals surface area contributed by atoms with Crippen LogP contribution in [0.4, 0.5) is 0 Å². The largest absolute Gasteiger partial charge is 0.495 e. The maximum atomic E-state index is 9.02. The molecule has 0 unspecified atom stereocenters.